The van der Waals surface area contributed by atoms with Gasteiger partial charge in [0.25, 0.3) is 5.56 Å². The maximum absolute atomic E-state index is 12.7. The van der Waals surface area contributed by atoms with Gasteiger partial charge in [-0.25, -0.2) is 4.98 Å². The molecule has 3 rings (SSSR count). The monoisotopic (exact) mass is 413 g/mol. The maximum Gasteiger partial charge on any atom is 0.263 e. The quantitative estimate of drug-likeness (QED) is 0.343. The van der Waals surface area contributed by atoms with Crippen molar-refractivity contribution >= 4 is 44.9 Å². The van der Waals surface area contributed by atoms with Crippen LogP contribution in [0.5, 0.6) is 0 Å². The van der Waals surface area contributed by atoms with E-state index in [0.717, 1.165) is 16.8 Å². The van der Waals surface area contributed by atoms with E-state index < -0.39 is 0 Å². The highest BCUT2D eigenvalue weighted by Gasteiger charge is 2.15. The van der Waals surface area contributed by atoms with Crippen LogP contribution >= 0.6 is 23.1 Å². The maximum atomic E-state index is 12.7. The fraction of sp³-hybridized carbons (Fsp3) is 0.286. The first kappa shape index (κ1) is 20.4. The molecule has 2 heterocycles. The van der Waals surface area contributed by atoms with Crippen molar-refractivity contribution in [2.24, 2.45) is 0 Å². The molecule has 0 radical (unpaired) electrons. The van der Waals surface area contributed by atoms with Gasteiger partial charge in [0, 0.05) is 12.2 Å². The Morgan fingerprint density at radius 1 is 1.39 bits per heavy atom. The summed E-state index contributed by atoms with van der Waals surface area (Å²) >= 11 is 2.69. The van der Waals surface area contributed by atoms with E-state index in [-0.39, 0.29) is 17.2 Å². The summed E-state index contributed by atoms with van der Waals surface area (Å²) in [5, 5.41) is 6.02. The second-order valence-electron chi connectivity index (χ2n) is 6.77. The standard InChI is InChI=1S/C21H23N3O2S2/c1-5-10-24-20(26)16-9-11-27-19(16)23-21(24)28-12-17(25)22-18-14(4)7-6-8-15(18)13(2)3/h5-9,11,13H,1,10,12H2,2-4H3,(H,22,25). The van der Waals surface area contributed by atoms with Crippen molar-refractivity contribution in [3.8, 4) is 0 Å². The van der Waals surface area contributed by atoms with Crippen LogP contribution in [0.25, 0.3) is 10.2 Å². The number of allylic oxidation sites excluding steroid dienone is 1. The summed E-state index contributed by atoms with van der Waals surface area (Å²) in [6, 6.07) is 7.81. The predicted molar refractivity (Wildman–Crippen MR) is 119 cm³/mol. The molecule has 1 aromatic carbocycles. The fourth-order valence-electron chi connectivity index (χ4n) is 2.98. The van der Waals surface area contributed by atoms with Crippen LogP contribution in [0, 0.1) is 6.92 Å². The number of hydrogen-bond acceptors (Lipinski definition) is 5. The van der Waals surface area contributed by atoms with Crippen LogP contribution < -0.4 is 10.9 Å². The molecule has 0 aliphatic rings. The summed E-state index contributed by atoms with van der Waals surface area (Å²) in [6.45, 7) is 10.3. The number of para-hydroxylation sites is 1. The van der Waals surface area contributed by atoms with Crippen LogP contribution in [0.15, 0.2) is 52.3 Å². The molecule has 0 saturated carbocycles. The molecule has 0 saturated heterocycles. The number of anilines is 1. The highest BCUT2D eigenvalue weighted by atomic mass is 32.2. The van der Waals surface area contributed by atoms with Crippen LogP contribution in [0.1, 0.15) is 30.9 Å². The summed E-state index contributed by atoms with van der Waals surface area (Å²) < 4.78 is 1.56. The molecule has 0 fully saturated rings. The van der Waals surface area contributed by atoms with Crippen LogP contribution in [-0.4, -0.2) is 21.2 Å². The Morgan fingerprint density at radius 2 is 2.18 bits per heavy atom. The Morgan fingerprint density at radius 3 is 2.89 bits per heavy atom. The second kappa shape index (κ2) is 8.75. The minimum absolute atomic E-state index is 0.102. The summed E-state index contributed by atoms with van der Waals surface area (Å²) in [7, 11) is 0. The molecule has 0 aliphatic heterocycles. The second-order valence-corrected chi connectivity index (χ2v) is 8.61. The number of amides is 1. The summed E-state index contributed by atoms with van der Waals surface area (Å²) in [6.07, 6.45) is 1.66. The van der Waals surface area contributed by atoms with Crippen LogP contribution in [0.2, 0.25) is 0 Å². The third-order valence-corrected chi connectivity index (χ3v) is 6.17. The predicted octanol–water partition coefficient (Wildman–Crippen LogP) is 4.81. The number of carbonyl (C=O) groups is 1. The minimum Gasteiger partial charge on any atom is -0.325 e. The van der Waals surface area contributed by atoms with Gasteiger partial charge < -0.3 is 5.32 Å². The average Bonchev–Trinajstić information content (AvgIpc) is 3.13. The van der Waals surface area contributed by atoms with E-state index in [4.69, 9.17) is 0 Å². The zero-order chi connectivity index (χ0) is 20.3. The number of thioether (sulfide) groups is 1. The molecule has 0 spiro atoms. The number of benzene rings is 1. The van der Waals surface area contributed by atoms with Crippen molar-refractivity contribution in [3.05, 3.63) is 63.8 Å². The lowest BCUT2D eigenvalue weighted by Gasteiger charge is -2.16. The number of aromatic nitrogens is 2. The van der Waals surface area contributed by atoms with Crippen molar-refractivity contribution in [2.75, 3.05) is 11.1 Å². The van der Waals surface area contributed by atoms with E-state index in [1.54, 1.807) is 16.7 Å². The smallest absolute Gasteiger partial charge is 0.263 e. The first-order chi connectivity index (χ1) is 13.4. The van der Waals surface area contributed by atoms with Crippen LogP contribution in [0.3, 0.4) is 0 Å². The van der Waals surface area contributed by atoms with Gasteiger partial charge >= 0.3 is 0 Å². The van der Waals surface area contributed by atoms with Gasteiger partial charge in [-0.1, -0.05) is 49.9 Å². The third-order valence-electron chi connectivity index (χ3n) is 4.38. The van der Waals surface area contributed by atoms with Gasteiger partial charge in [-0.3, -0.25) is 14.2 Å². The molecular weight excluding hydrogens is 390 g/mol. The summed E-state index contributed by atoms with van der Waals surface area (Å²) in [4.78, 5) is 30.5. The zero-order valence-electron chi connectivity index (χ0n) is 16.2. The number of hydrogen-bond donors (Lipinski definition) is 1. The molecule has 0 atom stereocenters. The highest BCUT2D eigenvalue weighted by Crippen LogP contribution is 2.28. The normalized spacial score (nSPS) is 11.1. The van der Waals surface area contributed by atoms with Gasteiger partial charge in [-0.2, -0.15) is 0 Å². The molecule has 1 amide bonds. The molecule has 3 aromatic rings. The molecule has 2 aromatic heterocycles. The summed E-state index contributed by atoms with van der Waals surface area (Å²) in [5.41, 5.74) is 2.91. The molecular formula is C21H23N3O2S2. The van der Waals surface area contributed by atoms with Gasteiger partial charge in [0.15, 0.2) is 5.16 Å². The van der Waals surface area contributed by atoms with E-state index >= 15 is 0 Å². The molecule has 146 valence electrons. The zero-order valence-corrected chi connectivity index (χ0v) is 17.8. The largest absolute Gasteiger partial charge is 0.325 e. The lowest BCUT2D eigenvalue weighted by molar-refractivity contribution is -0.113. The average molecular weight is 414 g/mol. The lowest BCUT2D eigenvalue weighted by Crippen LogP contribution is -2.23. The van der Waals surface area contributed by atoms with Crippen LogP contribution in [0.4, 0.5) is 5.69 Å². The Hall–Kier alpha value is -2.38. The molecule has 0 unspecified atom stereocenters. The Kier molecular flexibility index (Phi) is 6.36. The van der Waals surface area contributed by atoms with Gasteiger partial charge in [0.1, 0.15) is 4.83 Å². The first-order valence-electron chi connectivity index (χ1n) is 9.03. The molecule has 0 bridgehead atoms. The van der Waals surface area contributed by atoms with E-state index in [1.165, 1.54) is 23.1 Å². The number of thiophene rings is 1. The number of nitrogens with zero attached hydrogens (tertiary/aromatic N) is 2. The van der Waals surface area contributed by atoms with Crippen LogP contribution in [-0.2, 0) is 11.3 Å². The number of fused-ring (bicyclic) bond motifs is 1. The number of nitrogens with one attached hydrogen (secondary N) is 1. The fourth-order valence-corrected chi connectivity index (χ4v) is 4.59. The molecule has 0 aliphatic carbocycles. The summed E-state index contributed by atoms with van der Waals surface area (Å²) in [5.74, 6) is 0.363. The topological polar surface area (TPSA) is 64.0 Å². The van der Waals surface area contributed by atoms with E-state index in [2.05, 4.69) is 30.7 Å². The molecule has 5 nitrogen and oxygen atoms in total. The van der Waals surface area contributed by atoms with Gasteiger partial charge in [0.2, 0.25) is 5.91 Å². The Bertz CT molecular complexity index is 1080. The number of carbonyl (C=O) groups excluding carboxylic acids is 1. The van der Waals surface area contributed by atoms with Crippen molar-refractivity contribution in [1.29, 1.82) is 0 Å². The van der Waals surface area contributed by atoms with Gasteiger partial charge in [-0.15, -0.1) is 17.9 Å². The van der Waals surface area contributed by atoms with E-state index in [1.807, 2.05) is 30.5 Å². The van der Waals surface area contributed by atoms with E-state index in [9.17, 15) is 9.59 Å². The first-order valence-corrected chi connectivity index (χ1v) is 10.9. The third kappa shape index (κ3) is 4.20. The Balaban J connectivity index is 1.81. The number of aryl methyl sites for hydroxylation is 1. The highest BCUT2D eigenvalue weighted by molar-refractivity contribution is 7.99. The van der Waals surface area contributed by atoms with Gasteiger partial charge in [0.05, 0.1) is 11.1 Å². The van der Waals surface area contributed by atoms with Crippen molar-refractivity contribution in [3.63, 3.8) is 0 Å². The molecule has 7 heteroatoms. The van der Waals surface area contributed by atoms with Crippen molar-refractivity contribution in [1.82, 2.24) is 9.55 Å². The Labute approximate surface area is 172 Å². The SMILES string of the molecule is C=CCn1c(SCC(=O)Nc2c(C)cccc2C(C)C)nc2sccc2c1=O. The molecule has 28 heavy (non-hydrogen) atoms. The van der Waals surface area contributed by atoms with Crippen molar-refractivity contribution in [2.45, 2.75) is 38.4 Å². The van der Waals surface area contributed by atoms with E-state index in [0.29, 0.717) is 27.8 Å². The lowest BCUT2D eigenvalue weighted by atomic mass is 9.98. The minimum atomic E-state index is -0.119. The van der Waals surface area contributed by atoms with Gasteiger partial charge in [-0.05, 0) is 35.4 Å². The molecule has 1 N–H and O–H groups in total. The number of rotatable bonds is 7. The van der Waals surface area contributed by atoms with Crippen molar-refractivity contribution < 1.29 is 4.79 Å².